The quantitative estimate of drug-likeness (QED) is 0.909. The molecule has 3 heterocycles. The summed E-state index contributed by atoms with van der Waals surface area (Å²) in [5, 5.41) is 2.74. The van der Waals surface area contributed by atoms with E-state index in [4.69, 9.17) is 0 Å². The minimum atomic E-state index is -0.214. The first-order valence-corrected chi connectivity index (χ1v) is 8.83. The first-order valence-electron chi connectivity index (χ1n) is 8.83. The van der Waals surface area contributed by atoms with Gasteiger partial charge in [0.05, 0.1) is 24.5 Å². The minimum Gasteiger partial charge on any atom is -0.355 e. The van der Waals surface area contributed by atoms with E-state index >= 15 is 0 Å². The van der Waals surface area contributed by atoms with Gasteiger partial charge >= 0.3 is 0 Å². The number of carbonyl (C=O) groups is 2. The highest BCUT2D eigenvalue weighted by atomic mass is 16.2. The molecule has 2 amide bonds. The summed E-state index contributed by atoms with van der Waals surface area (Å²) in [4.78, 5) is 30.3. The Morgan fingerprint density at radius 2 is 2.12 bits per heavy atom. The fourth-order valence-corrected chi connectivity index (χ4v) is 3.68. The van der Waals surface area contributed by atoms with Crippen molar-refractivity contribution >= 4 is 11.8 Å². The van der Waals surface area contributed by atoms with Crippen LogP contribution < -0.4 is 5.32 Å². The van der Waals surface area contributed by atoms with Crippen LogP contribution in [0.1, 0.15) is 23.4 Å². The van der Waals surface area contributed by atoms with E-state index < -0.39 is 0 Å². The number of aromatic nitrogens is 2. The number of hydrogen-bond donors (Lipinski definition) is 1. The molecule has 2 aromatic rings. The third-order valence-corrected chi connectivity index (χ3v) is 5.11. The molecule has 0 bridgehead atoms. The number of benzene rings is 1. The van der Waals surface area contributed by atoms with E-state index in [0.717, 1.165) is 25.1 Å². The highest BCUT2D eigenvalue weighted by molar-refractivity contribution is 5.89. The largest absolute Gasteiger partial charge is 0.355 e. The summed E-state index contributed by atoms with van der Waals surface area (Å²) in [7, 11) is 0. The van der Waals surface area contributed by atoms with Gasteiger partial charge in [-0.25, -0.2) is 4.98 Å². The molecule has 2 aliphatic heterocycles. The fourth-order valence-electron chi connectivity index (χ4n) is 3.68. The average molecular weight is 338 g/mol. The SMILES string of the molecule is O=C1C[C@H](C(=O)N2CCc3c(ncn3CCc3ccccc3)C2)CN1. The molecular weight excluding hydrogens is 316 g/mol. The van der Waals surface area contributed by atoms with Crippen molar-refractivity contribution in [2.45, 2.75) is 32.4 Å². The average Bonchev–Trinajstić information content (AvgIpc) is 3.26. The lowest BCUT2D eigenvalue weighted by Crippen LogP contribution is -2.40. The third kappa shape index (κ3) is 3.29. The smallest absolute Gasteiger partial charge is 0.228 e. The Balaban J connectivity index is 1.40. The van der Waals surface area contributed by atoms with Crippen molar-refractivity contribution in [2.24, 2.45) is 5.92 Å². The second kappa shape index (κ2) is 6.70. The second-order valence-electron chi connectivity index (χ2n) is 6.78. The van der Waals surface area contributed by atoms with E-state index in [1.165, 1.54) is 11.3 Å². The van der Waals surface area contributed by atoms with Gasteiger partial charge in [0.15, 0.2) is 0 Å². The fraction of sp³-hybridized carbons (Fsp3) is 0.421. The van der Waals surface area contributed by atoms with Crippen molar-refractivity contribution in [3.8, 4) is 0 Å². The molecule has 1 saturated heterocycles. The van der Waals surface area contributed by atoms with Crippen LogP contribution in [0.4, 0.5) is 0 Å². The summed E-state index contributed by atoms with van der Waals surface area (Å²) < 4.78 is 2.21. The molecule has 1 N–H and O–H groups in total. The maximum absolute atomic E-state index is 12.6. The monoisotopic (exact) mass is 338 g/mol. The summed E-state index contributed by atoms with van der Waals surface area (Å²) in [6, 6.07) is 10.4. The van der Waals surface area contributed by atoms with Crippen LogP contribution >= 0.6 is 0 Å². The number of rotatable bonds is 4. The maximum atomic E-state index is 12.6. The summed E-state index contributed by atoms with van der Waals surface area (Å²) >= 11 is 0. The Morgan fingerprint density at radius 1 is 1.28 bits per heavy atom. The Kier molecular flexibility index (Phi) is 4.26. The number of imidazole rings is 1. The lowest BCUT2D eigenvalue weighted by Gasteiger charge is -2.29. The topological polar surface area (TPSA) is 67.2 Å². The van der Waals surface area contributed by atoms with Crippen molar-refractivity contribution < 1.29 is 9.59 Å². The number of aryl methyl sites for hydroxylation is 2. The zero-order valence-corrected chi connectivity index (χ0v) is 14.1. The van der Waals surface area contributed by atoms with Crippen LogP contribution in [0.15, 0.2) is 36.7 Å². The molecule has 0 aliphatic carbocycles. The van der Waals surface area contributed by atoms with Crippen molar-refractivity contribution in [1.29, 1.82) is 0 Å². The molecule has 1 fully saturated rings. The van der Waals surface area contributed by atoms with Crippen molar-refractivity contribution in [3.63, 3.8) is 0 Å². The molecular formula is C19H22N4O2. The first-order chi connectivity index (χ1) is 12.2. The summed E-state index contributed by atoms with van der Waals surface area (Å²) in [5.41, 5.74) is 3.54. The van der Waals surface area contributed by atoms with E-state index in [1.54, 1.807) is 0 Å². The molecule has 0 spiro atoms. The number of nitrogens with one attached hydrogen (secondary N) is 1. The lowest BCUT2D eigenvalue weighted by molar-refractivity contribution is -0.136. The third-order valence-electron chi connectivity index (χ3n) is 5.11. The molecule has 0 saturated carbocycles. The Hall–Kier alpha value is -2.63. The van der Waals surface area contributed by atoms with Gasteiger partial charge in [-0.2, -0.15) is 0 Å². The summed E-state index contributed by atoms with van der Waals surface area (Å²) in [6.45, 7) is 2.62. The predicted octanol–water partition coefficient (Wildman–Crippen LogP) is 1.15. The predicted molar refractivity (Wildman–Crippen MR) is 92.6 cm³/mol. The van der Waals surface area contributed by atoms with Gasteiger partial charge in [-0.05, 0) is 12.0 Å². The zero-order chi connectivity index (χ0) is 17.2. The second-order valence-corrected chi connectivity index (χ2v) is 6.78. The Labute approximate surface area is 146 Å². The molecule has 6 heteroatoms. The maximum Gasteiger partial charge on any atom is 0.228 e. The summed E-state index contributed by atoms with van der Waals surface area (Å²) in [6.07, 6.45) is 4.00. The minimum absolute atomic E-state index is 0.0266. The van der Waals surface area contributed by atoms with E-state index in [9.17, 15) is 9.59 Å². The van der Waals surface area contributed by atoms with Crippen molar-refractivity contribution in [1.82, 2.24) is 19.8 Å². The van der Waals surface area contributed by atoms with E-state index in [-0.39, 0.29) is 17.7 Å². The number of nitrogens with zero attached hydrogens (tertiary/aromatic N) is 3. The summed E-state index contributed by atoms with van der Waals surface area (Å²) in [5.74, 6) is -0.168. The normalized spacial score (nSPS) is 19.6. The van der Waals surface area contributed by atoms with Crippen LogP contribution in [0.25, 0.3) is 0 Å². The number of fused-ring (bicyclic) bond motifs is 1. The highest BCUT2D eigenvalue weighted by Gasteiger charge is 2.33. The van der Waals surface area contributed by atoms with Gasteiger partial charge in [-0.15, -0.1) is 0 Å². The molecule has 2 aliphatic rings. The number of carbonyl (C=O) groups excluding carboxylic acids is 2. The van der Waals surface area contributed by atoms with Crippen molar-refractivity contribution in [3.05, 3.63) is 53.6 Å². The molecule has 25 heavy (non-hydrogen) atoms. The van der Waals surface area contributed by atoms with Gasteiger partial charge in [0.25, 0.3) is 0 Å². The van der Waals surface area contributed by atoms with Crippen LogP contribution in [0.5, 0.6) is 0 Å². The van der Waals surface area contributed by atoms with Crippen LogP contribution in [0, 0.1) is 5.92 Å². The van der Waals surface area contributed by atoms with Crippen molar-refractivity contribution in [2.75, 3.05) is 13.1 Å². The van der Waals surface area contributed by atoms with Gasteiger partial charge in [-0.3, -0.25) is 9.59 Å². The standard InChI is InChI=1S/C19H22N4O2/c24-18-10-15(11-20-18)19(25)22-9-7-17-16(12-22)21-13-23(17)8-6-14-4-2-1-3-5-14/h1-5,13,15H,6-12H2,(H,20,24)/t15-/m0/s1. The van der Waals surface area contributed by atoms with E-state index in [0.29, 0.717) is 26.1 Å². The van der Waals surface area contributed by atoms with Crippen LogP contribution in [0.3, 0.4) is 0 Å². The Bertz CT molecular complexity index is 784. The zero-order valence-electron chi connectivity index (χ0n) is 14.1. The van der Waals surface area contributed by atoms with E-state index in [2.05, 4.69) is 39.1 Å². The van der Waals surface area contributed by atoms with Gasteiger partial charge in [0.2, 0.25) is 11.8 Å². The van der Waals surface area contributed by atoms with Crippen LogP contribution in [-0.2, 0) is 35.5 Å². The number of amides is 2. The van der Waals surface area contributed by atoms with Gasteiger partial charge < -0.3 is 14.8 Å². The van der Waals surface area contributed by atoms with E-state index in [1.807, 2.05) is 17.3 Å². The van der Waals surface area contributed by atoms with Crippen LogP contribution in [-0.4, -0.2) is 39.4 Å². The molecule has 6 nitrogen and oxygen atoms in total. The molecule has 0 radical (unpaired) electrons. The number of hydrogen-bond acceptors (Lipinski definition) is 3. The molecule has 0 unspecified atom stereocenters. The van der Waals surface area contributed by atoms with Gasteiger partial charge in [-0.1, -0.05) is 30.3 Å². The lowest BCUT2D eigenvalue weighted by atomic mass is 10.0. The van der Waals surface area contributed by atoms with Crippen LogP contribution in [0.2, 0.25) is 0 Å². The molecule has 1 atom stereocenters. The molecule has 130 valence electrons. The molecule has 1 aromatic heterocycles. The molecule has 1 aromatic carbocycles. The van der Waals surface area contributed by atoms with Gasteiger partial charge in [0, 0.05) is 38.2 Å². The highest BCUT2D eigenvalue weighted by Crippen LogP contribution is 2.22. The Morgan fingerprint density at radius 3 is 2.88 bits per heavy atom. The molecule has 4 rings (SSSR count). The first kappa shape index (κ1) is 15.9. The van der Waals surface area contributed by atoms with Gasteiger partial charge in [0.1, 0.15) is 0 Å².